The molecule has 0 bridgehead atoms. The third kappa shape index (κ3) is 3.88. The van der Waals surface area contributed by atoms with Crippen LogP contribution in [0.15, 0.2) is 29.4 Å². The van der Waals surface area contributed by atoms with Gasteiger partial charge in [-0.1, -0.05) is 11.3 Å². The van der Waals surface area contributed by atoms with Crippen LogP contribution in [0.2, 0.25) is 0 Å². The number of sulfonamides is 1. The molecule has 0 radical (unpaired) electrons. The van der Waals surface area contributed by atoms with Gasteiger partial charge in [-0.15, -0.1) is 10.2 Å². The van der Waals surface area contributed by atoms with Crippen molar-refractivity contribution in [3.63, 3.8) is 0 Å². The molecular formula is C21H24F2N8O2S2. The SMILES string of the molecule is CC1CN(c2cc(S(=O)(=O)NC3(C)CC3)cc3c2n2ccnc2n3-c2nnc(C(F)F)s2)CCN1. The molecule has 2 aliphatic rings. The van der Waals surface area contributed by atoms with Crippen molar-refractivity contribution in [1.82, 2.24) is 34.2 Å². The average molecular weight is 523 g/mol. The number of fused-ring (bicyclic) bond motifs is 3. The molecule has 4 heterocycles. The number of alkyl halides is 2. The van der Waals surface area contributed by atoms with Gasteiger partial charge in [-0.3, -0.25) is 8.97 Å². The first-order valence-corrected chi connectivity index (χ1v) is 13.6. The number of anilines is 1. The Hall–Kier alpha value is -2.68. The Kier molecular flexibility index (Phi) is 5.15. The van der Waals surface area contributed by atoms with Crippen LogP contribution in [0.3, 0.4) is 0 Å². The number of hydrogen-bond acceptors (Lipinski definition) is 8. The number of imidazole rings is 2. The zero-order valence-electron chi connectivity index (χ0n) is 19.1. The van der Waals surface area contributed by atoms with Crippen molar-refractivity contribution < 1.29 is 17.2 Å². The van der Waals surface area contributed by atoms with Gasteiger partial charge in [-0.05, 0) is 38.8 Å². The molecule has 14 heteroatoms. The summed E-state index contributed by atoms with van der Waals surface area (Å²) in [5.74, 6) is 0.443. The predicted molar refractivity (Wildman–Crippen MR) is 128 cm³/mol. The molecule has 2 fully saturated rings. The van der Waals surface area contributed by atoms with Crippen LogP contribution in [-0.2, 0) is 10.0 Å². The molecule has 1 atom stereocenters. The lowest BCUT2D eigenvalue weighted by atomic mass is 10.2. The highest BCUT2D eigenvalue weighted by Crippen LogP contribution is 2.39. The van der Waals surface area contributed by atoms with Gasteiger partial charge < -0.3 is 10.2 Å². The molecule has 1 unspecified atom stereocenters. The highest BCUT2D eigenvalue weighted by Gasteiger charge is 2.41. The van der Waals surface area contributed by atoms with E-state index >= 15 is 0 Å². The van der Waals surface area contributed by atoms with E-state index in [0.717, 1.165) is 41.9 Å². The summed E-state index contributed by atoms with van der Waals surface area (Å²) in [4.78, 5) is 6.69. The van der Waals surface area contributed by atoms with E-state index in [9.17, 15) is 17.2 Å². The number of rotatable bonds is 6. The number of aromatic nitrogens is 5. The number of nitrogens with zero attached hydrogens (tertiary/aromatic N) is 6. The van der Waals surface area contributed by atoms with Crippen molar-refractivity contribution in [2.45, 2.75) is 49.6 Å². The van der Waals surface area contributed by atoms with Gasteiger partial charge in [0.05, 0.1) is 21.6 Å². The second-order valence-corrected chi connectivity index (χ2v) is 12.1. The number of halogens is 2. The zero-order valence-corrected chi connectivity index (χ0v) is 20.7. The van der Waals surface area contributed by atoms with Crippen LogP contribution in [0.1, 0.15) is 38.1 Å². The molecule has 1 aliphatic heterocycles. The van der Waals surface area contributed by atoms with Crippen LogP contribution < -0.4 is 14.9 Å². The van der Waals surface area contributed by atoms with E-state index in [0.29, 0.717) is 24.4 Å². The normalized spacial score (nSPS) is 20.4. The predicted octanol–water partition coefficient (Wildman–Crippen LogP) is 2.70. The minimum atomic E-state index is -3.84. The van der Waals surface area contributed by atoms with Crippen LogP contribution in [-0.4, -0.2) is 63.8 Å². The van der Waals surface area contributed by atoms with E-state index in [1.54, 1.807) is 29.1 Å². The lowest BCUT2D eigenvalue weighted by Gasteiger charge is -2.34. The van der Waals surface area contributed by atoms with E-state index < -0.39 is 27.0 Å². The molecule has 6 rings (SSSR count). The molecule has 1 aliphatic carbocycles. The van der Waals surface area contributed by atoms with Gasteiger partial charge in [-0.25, -0.2) is 26.9 Å². The van der Waals surface area contributed by atoms with Crippen molar-refractivity contribution in [1.29, 1.82) is 0 Å². The highest BCUT2D eigenvalue weighted by atomic mass is 32.2. The summed E-state index contributed by atoms with van der Waals surface area (Å²) in [6, 6.07) is 3.47. The Bertz CT molecular complexity index is 1540. The summed E-state index contributed by atoms with van der Waals surface area (Å²) in [5.41, 5.74) is 1.53. The Morgan fingerprint density at radius 2 is 2.09 bits per heavy atom. The Balaban J connectivity index is 1.63. The van der Waals surface area contributed by atoms with Gasteiger partial charge in [0.2, 0.25) is 20.9 Å². The van der Waals surface area contributed by atoms with Crippen molar-refractivity contribution in [2.75, 3.05) is 24.5 Å². The molecule has 10 nitrogen and oxygen atoms in total. The van der Waals surface area contributed by atoms with Gasteiger partial charge in [-0.2, -0.15) is 0 Å². The summed E-state index contributed by atoms with van der Waals surface area (Å²) in [5, 5.41) is 10.8. The summed E-state index contributed by atoms with van der Waals surface area (Å²) < 4.78 is 59.7. The maximum absolute atomic E-state index is 13.4. The van der Waals surface area contributed by atoms with Crippen molar-refractivity contribution in [2.24, 2.45) is 0 Å². The number of nitrogens with one attached hydrogen (secondary N) is 2. The summed E-state index contributed by atoms with van der Waals surface area (Å²) in [6.07, 6.45) is 2.20. The van der Waals surface area contributed by atoms with E-state index in [2.05, 4.69) is 37.0 Å². The standard InChI is InChI=1S/C21H24F2N8O2S2/c1-12-11-29(7-5-24-12)14-9-13(35(32,33)28-21(2)3-4-21)10-15-16(14)30-8-6-25-19(30)31(15)20-27-26-18(34-20)17(22)23/h6,8-10,12,17,24,28H,3-5,7,11H2,1-2H3. The highest BCUT2D eigenvalue weighted by molar-refractivity contribution is 7.89. The first-order valence-electron chi connectivity index (χ1n) is 11.3. The Labute approximate surface area is 204 Å². The minimum absolute atomic E-state index is 0.111. The van der Waals surface area contributed by atoms with Crippen LogP contribution in [0.5, 0.6) is 0 Å². The Morgan fingerprint density at radius 1 is 1.29 bits per heavy atom. The fourth-order valence-corrected chi connectivity index (χ4v) is 6.77. The first kappa shape index (κ1) is 22.8. The molecule has 3 aromatic heterocycles. The fraction of sp³-hybridized carbons (Fsp3) is 0.476. The van der Waals surface area contributed by atoms with Crippen LogP contribution in [0, 0.1) is 0 Å². The molecule has 1 saturated heterocycles. The second-order valence-electron chi connectivity index (χ2n) is 9.43. The van der Waals surface area contributed by atoms with Gasteiger partial charge in [0.25, 0.3) is 6.43 Å². The van der Waals surface area contributed by atoms with E-state index in [1.807, 2.05) is 11.3 Å². The lowest BCUT2D eigenvalue weighted by Crippen LogP contribution is -2.49. The largest absolute Gasteiger partial charge is 0.367 e. The molecule has 186 valence electrons. The molecule has 2 N–H and O–H groups in total. The molecule has 0 amide bonds. The zero-order chi connectivity index (χ0) is 24.5. The van der Waals surface area contributed by atoms with Gasteiger partial charge in [0.1, 0.15) is 0 Å². The maximum Gasteiger partial charge on any atom is 0.291 e. The average Bonchev–Trinajstić information content (AvgIpc) is 3.20. The lowest BCUT2D eigenvalue weighted by molar-refractivity contribution is 0.150. The van der Waals surface area contributed by atoms with Gasteiger partial charge in [0.15, 0.2) is 5.01 Å². The summed E-state index contributed by atoms with van der Waals surface area (Å²) in [7, 11) is -3.84. The van der Waals surface area contributed by atoms with Crippen LogP contribution in [0.25, 0.3) is 21.9 Å². The first-order chi connectivity index (χ1) is 16.7. The Morgan fingerprint density at radius 3 is 2.77 bits per heavy atom. The molecule has 1 aromatic carbocycles. The van der Waals surface area contributed by atoms with Crippen LogP contribution >= 0.6 is 11.3 Å². The number of benzene rings is 1. The van der Waals surface area contributed by atoms with E-state index in [4.69, 9.17) is 0 Å². The van der Waals surface area contributed by atoms with Crippen molar-refractivity contribution >= 4 is 43.9 Å². The van der Waals surface area contributed by atoms with E-state index in [-0.39, 0.29) is 16.1 Å². The number of piperazine rings is 1. The summed E-state index contributed by atoms with van der Waals surface area (Å²) in [6.45, 7) is 6.07. The maximum atomic E-state index is 13.4. The molecule has 1 saturated carbocycles. The molecule has 0 spiro atoms. The topological polar surface area (TPSA) is 109 Å². The molecule has 35 heavy (non-hydrogen) atoms. The third-order valence-corrected chi connectivity index (χ3v) is 9.09. The third-order valence-electron chi connectivity index (χ3n) is 6.55. The monoisotopic (exact) mass is 522 g/mol. The quantitative estimate of drug-likeness (QED) is 0.401. The minimum Gasteiger partial charge on any atom is -0.367 e. The second kappa shape index (κ2) is 7.91. The van der Waals surface area contributed by atoms with Crippen LogP contribution in [0.4, 0.5) is 14.5 Å². The van der Waals surface area contributed by atoms with Crippen molar-refractivity contribution in [3.8, 4) is 5.13 Å². The summed E-state index contributed by atoms with van der Waals surface area (Å²) >= 11 is 0.756. The van der Waals surface area contributed by atoms with Crippen molar-refractivity contribution in [3.05, 3.63) is 29.5 Å². The fourth-order valence-electron chi connectivity index (χ4n) is 4.55. The number of hydrogen-bond donors (Lipinski definition) is 2. The van der Waals surface area contributed by atoms with Gasteiger partial charge in [0, 0.05) is 43.6 Å². The van der Waals surface area contributed by atoms with Gasteiger partial charge >= 0.3 is 0 Å². The smallest absolute Gasteiger partial charge is 0.291 e. The molecule has 4 aromatic rings. The van der Waals surface area contributed by atoms with E-state index in [1.165, 1.54) is 0 Å². The molecular weight excluding hydrogens is 498 g/mol.